The van der Waals surface area contributed by atoms with Gasteiger partial charge in [-0.1, -0.05) is 6.08 Å². The number of aliphatic carboxylic acids is 1. The van der Waals surface area contributed by atoms with Gasteiger partial charge in [0.1, 0.15) is 18.1 Å². The number of ether oxygens (including phenoxy) is 1. The first-order valence-corrected chi connectivity index (χ1v) is 8.21. The molecule has 0 bridgehead atoms. The number of carbonyl (C=O) groups excluding carboxylic acids is 1. The van der Waals surface area contributed by atoms with Crippen LogP contribution in [-0.4, -0.2) is 71.3 Å². The summed E-state index contributed by atoms with van der Waals surface area (Å²) >= 11 is 0. The number of halogens is 3. The molecule has 1 amide bonds. The molecule has 0 radical (unpaired) electrons. The van der Waals surface area contributed by atoms with Crippen LogP contribution in [0.15, 0.2) is 29.2 Å². The van der Waals surface area contributed by atoms with Gasteiger partial charge in [-0.2, -0.15) is 13.2 Å². The van der Waals surface area contributed by atoms with E-state index >= 15 is 0 Å². The number of likely N-dealkylation sites (tertiary alicyclic amines) is 1. The number of nitrogens with zero attached hydrogens (tertiary/aromatic N) is 2. The zero-order chi connectivity index (χ0) is 20.2. The summed E-state index contributed by atoms with van der Waals surface area (Å²) in [6.45, 7) is 8.88. The highest BCUT2D eigenvalue weighted by Crippen LogP contribution is 2.25. The second kappa shape index (κ2) is 8.57. The molecule has 0 spiro atoms. The molecule has 2 atom stereocenters. The van der Waals surface area contributed by atoms with Gasteiger partial charge in [0, 0.05) is 19.6 Å². The van der Waals surface area contributed by atoms with Crippen LogP contribution >= 0.6 is 0 Å². The molecule has 3 heterocycles. The van der Waals surface area contributed by atoms with Crippen LogP contribution in [0.25, 0.3) is 0 Å². The number of aryl methyl sites for hydroxylation is 1. The normalized spacial score (nSPS) is 22.8. The van der Waals surface area contributed by atoms with Crippen LogP contribution in [0.4, 0.5) is 13.2 Å². The number of furan rings is 1. The fraction of sp³-hybridized carbons (Fsp3) is 0.529. The van der Waals surface area contributed by atoms with Gasteiger partial charge in [-0.05, 0) is 19.1 Å². The molecular weight excluding hydrogens is 369 g/mol. The quantitative estimate of drug-likeness (QED) is 0.790. The Balaban J connectivity index is 0.000000321. The van der Waals surface area contributed by atoms with Gasteiger partial charge < -0.3 is 19.2 Å². The summed E-state index contributed by atoms with van der Waals surface area (Å²) < 4.78 is 43.0. The maximum Gasteiger partial charge on any atom is 0.490 e. The maximum absolute atomic E-state index is 11.9. The summed E-state index contributed by atoms with van der Waals surface area (Å²) in [7, 11) is 0. The van der Waals surface area contributed by atoms with Crippen molar-refractivity contribution in [2.24, 2.45) is 0 Å². The standard InChI is InChI=1S/C15H20N2O3.C2HF3O2/c1-3-6-17-13-8-16(7-12-5-4-11(2)20-12)9-14(13)19-10-15(17)18;3-2(4,5)1(6)7/h3-5,13-14H,1,6-10H2,2H3;(H,6,7)/t13-,14-;/m1./s1. The summed E-state index contributed by atoms with van der Waals surface area (Å²) in [6, 6.07) is 4.11. The third-order valence-electron chi connectivity index (χ3n) is 4.20. The first kappa shape index (κ1) is 21.0. The van der Waals surface area contributed by atoms with E-state index in [2.05, 4.69) is 11.5 Å². The van der Waals surface area contributed by atoms with Gasteiger partial charge in [-0.25, -0.2) is 4.79 Å². The van der Waals surface area contributed by atoms with Gasteiger partial charge in [-0.3, -0.25) is 9.69 Å². The SMILES string of the molecule is C=CCN1C(=O)CO[C@@H]2CN(Cc3ccc(C)o3)C[C@H]21.O=C(O)C(F)(F)F. The number of alkyl halides is 3. The van der Waals surface area contributed by atoms with Gasteiger partial charge in [0.15, 0.2) is 0 Å². The van der Waals surface area contributed by atoms with Gasteiger partial charge in [0.05, 0.1) is 18.7 Å². The molecule has 2 aliphatic heterocycles. The van der Waals surface area contributed by atoms with E-state index in [4.69, 9.17) is 19.1 Å². The molecule has 2 saturated heterocycles. The minimum Gasteiger partial charge on any atom is -0.475 e. The van der Waals surface area contributed by atoms with Crippen LogP contribution < -0.4 is 0 Å². The van der Waals surface area contributed by atoms with Crippen LogP contribution in [0, 0.1) is 6.92 Å². The Kier molecular flexibility index (Phi) is 6.66. The fourth-order valence-corrected chi connectivity index (χ4v) is 3.04. The highest BCUT2D eigenvalue weighted by Gasteiger charge is 2.42. The van der Waals surface area contributed by atoms with E-state index in [0.717, 1.165) is 31.2 Å². The Morgan fingerprint density at radius 2 is 2.07 bits per heavy atom. The Morgan fingerprint density at radius 1 is 1.41 bits per heavy atom. The van der Waals surface area contributed by atoms with Crippen LogP contribution in [0.5, 0.6) is 0 Å². The molecule has 2 aliphatic rings. The first-order valence-electron chi connectivity index (χ1n) is 8.21. The summed E-state index contributed by atoms with van der Waals surface area (Å²) in [5.74, 6) is -0.812. The molecule has 150 valence electrons. The number of carbonyl (C=O) groups is 2. The molecule has 1 aromatic rings. The van der Waals surface area contributed by atoms with E-state index in [1.54, 1.807) is 6.08 Å². The lowest BCUT2D eigenvalue weighted by Gasteiger charge is -2.36. The molecule has 10 heteroatoms. The van der Waals surface area contributed by atoms with E-state index in [1.165, 1.54) is 0 Å². The van der Waals surface area contributed by atoms with E-state index in [-0.39, 0.29) is 24.7 Å². The molecule has 0 aliphatic carbocycles. The second-order valence-electron chi connectivity index (χ2n) is 6.26. The van der Waals surface area contributed by atoms with Crippen LogP contribution in [-0.2, 0) is 20.9 Å². The number of rotatable bonds is 4. The Hall–Kier alpha value is -2.33. The summed E-state index contributed by atoms with van der Waals surface area (Å²) in [5.41, 5.74) is 0. The molecule has 0 unspecified atom stereocenters. The molecule has 1 N–H and O–H groups in total. The Morgan fingerprint density at radius 3 is 2.59 bits per heavy atom. The topological polar surface area (TPSA) is 83.2 Å². The molecule has 3 rings (SSSR count). The highest BCUT2D eigenvalue weighted by atomic mass is 19.4. The highest BCUT2D eigenvalue weighted by molar-refractivity contribution is 5.79. The van der Waals surface area contributed by atoms with Gasteiger partial charge >= 0.3 is 12.1 Å². The van der Waals surface area contributed by atoms with Crippen molar-refractivity contribution in [3.63, 3.8) is 0 Å². The zero-order valence-corrected chi connectivity index (χ0v) is 14.7. The average Bonchev–Trinajstić information content (AvgIpc) is 3.16. The van der Waals surface area contributed by atoms with Crippen molar-refractivity contribution in [2.75, 3.05) is 26.2 Å². The summed E-state index contributed by atoms with van der Waals surface area (Å²) in [4.78, 5) is 25.0. The molecule has 0 aromatic carbocycles. The zero-order valence-electron chi connectivity index (χ0n) is 14.7. The van der Waals surface area contributed by atoms with Crippen LogP contribution in [0.3, 0.4) is 0 Å². The predicted molar refractivity (Wildman–Crippen MR) is 87.9 cm³/mol. The third-order valence-corrected chi connectivity index (χ3v) is 4.20. The first-order chi connectivity index (χ1) is 12.6. The third kappa shape index (κ3) is 5.57. The smallest absolute Gasteiger partial charge is 0.475 e. The predicted octanol–water partition coefficient (Wildman–Crippen LogP) is 1.82. The molecule has 2 fully saturated rings. The van der Waals surface area contributed by atoms with E-state index in [0.29, 0.717) is 6.54 Å². The molecule has 27 heavy (non-hydrogen) atoms. The van der Waals surface area contributed by atoms with E-state index in [9.17, 15) is 18.0 Å². The second-order valence-corrected chi connectivity index (χ2v) is 6.26. The number of carboxylic acid groups (broad SMARTS) is 1. The number of hydrogen-bond acceptors (Lipinski definition) is 5. The van der Waals surface area contributed by atoms with Crippen molar-refractivity contribution in [3.8, 4) is 0 Å². The van der Waals surface area contributed by atoms with Crippen molar-refractivity contribution in [1.82, 2.24) is 9.80 Å². The Bertz CT molecular complexity index is 688. The minimum absolute atomic E-state index is 0.0573. The van der Waals surface area contributed by atoms with Crippen molar-refractivity contribution < 1.29 is 37.0 Å². The number of morpholine rings is 1. The lowest BCUT2D eigenvalue weighted by atomic mass is 10.1. The van der Waals surface area contributed by atoms with Gasteiger partial charge in [0.25, 0.3) is 0 Å². The van der Waals surface area contributed by atoms with E-state index in [1.807, 2.05) is 24.0 Å². The molecule has 1 aromatic heterocycles. The monoisotopic (exact) mass is 390 g/mol. The lowest BCUT2D eigenvalue weighted by molar-refractivity contribution is -0.192. The van der Waals surface area contributed by atoms with Crippen LogP contribution in [0.2, 0.25) is 0 Å². The van der Waals surface area contributed by atoms with Crippen LogP contribution in [0.1, 0.15) is 11.5 Å². The van der Waals surface area contributed by atoms with Crippen molar-refractivity contribution in [1.29, 1.82) is 0 Å². The molecule has 7 nitrogen and oxygen atoms in total. The summed E-state index contributed by atoms with van der Waals surface area (Å²) in [6.07, 6.45) is -3.21. The van der Waals surface area contributed by atoms with Crippen molar-refractivity contribution >= 4 is 11.9 Å². The largest absolute Gasteiger partial charge is 0.490 e. The minimum atomic E-state index is -5.08. The molecule has 0 saturated carbocycles. The Labute approximate surface area is 154 Å². The number of fused-ring (bicyclic) bond motifs is 1. The van der Waals surface area contributed by atoms with Gasteiger partial charge in [-0.15, -0.1) is 6.58 Å². The number of amides is 1. The van der Waals surface area contributed by atoms with Crippen molar-refractivity contribution in [3.05, 3.63) is 36.3 Å². The number of carboxylic acids is 1. The average molecular weight is 390 g/mol. The number of hydrogen-bond donors (Lipinski definition) is 1. The summed E-state index contributed by atoms with van der Waals surface area (Å²) in [5, 5.41) is 7.12. The fourth-order valence-electron chi connectivity index (χ4n) is 3.04. The molecular formula is C17H21F3N2O5. The van der Waals surface area contributed by atoms with E-state index < -0.39 is 12.1 Å². The van der Waals surface area contributed by atoms with Gasteiger partial charge in [0.2, 0.25) is 5.91 Å². The van der Waals surface area contributed by atoms with Crippen molar-refractivity contribution in [2.45, 2.75) is 31.8 Å². The lowest BCUT2D eigenvalue weighted by Crippen LogP contribution is -2.53. The maximum atomic E-state index is 11.9.